The van der Waals surface area contributed by atoms with Crippen molar-refractivity contribution in [3.8, 4) is 11.5 Å². The zero-order valence-electron chi connectivity index (χ0n) is 9.38. The first kappa shape index (κ1) is 13.0. The molecule has 8 heteroatoms. The average Bonchev–Trinajstić information content (AvgIpc) is 2.51. The molecule has 1 amide bonds. The maximum Gasteiger partial charge on any atom is 0.274 e. The van der Waals surface area contributed by atoms with Crippen molar-refractivity contribution < 1.29 is 23.1 Å². The molecule has 0 atom stereocenters. The minimum absolute atomic E-state index is 0.117. The number of fused-ring (bicyclic) bond motifs is 1. The molecule has 0 saturated heterocycles. The molecular weight excluding hydrogens is 282 g/mol. The highest BCUT2D eigenvalue weighted by molar-refractivity contribution is 7.90. The van der Waals surface area contributed by atoms with Gasteiger partial charge in [-0.3, -0.25) is 4.79 Å². The summed E-state index contributed by atoms with van der Waals surface area (Å²) in [5.41, 5.74) is -0.169. The lowest BCUT2D eigenvalue weighted by molar-refractivity contribution is 0.0882. The van der Waals surface area contributed by atoms with Gasteiger partial charge in [0.15, 0.2) is 0 Å². The second kappa shape index (κ2) is 4.33. The van der Waals surface area contributed by atoms with E-state index in [2.05, 4.69) is 0 Å². The SMILES string of the molecule is CCOc1ccc(O)c2c1C(=O)N(CCl)S2(=O)=O. The maximum absolute atomic E-state index is 12.0. The number of amides is 1. The van der Waals surface area contributed by atoms with Crippen molar-refractivity contribution in [1.82, 2.24) is 4.31 Å². The van der Waals surface area contributed by atoms with Gasteiger partial charge in [0, 0.05) is 0 Å². The Labute approximate surface area is 109 Å². The van der Waals surface area contributed by atoms with E-state index in [1.165, 1.54) is 12.1 Å². The number of carbonyl (C=O) groups excluding carboxylic acids is 1. The molecule has 1 aliphatic rings. The molecule has 2 rings (SSSR count). The minimum atomic E-state index is -4.10. The van der Waals surface area contributed by atoms with Crippen LogP contribution in [0.5, 0.6) is 11.5 Å². The quantitative estimate of drug-likeness (QED) is 0.667. The predicted molar refractivity (Wildman–Crippen MR) is 63.4 cm³/mol. The molecule has 0 fully saturated rings. The number of sulfonamides is 1. The number of phenolic OH excluding ortho intramolecular Hbond substituents is 1. The molecular formula is C10H10ClNO5S. The van der Waals surface area contributed by atoms with E-state index in [1.807, 2.05) is 0 Å². The summed E-state index contributed by atoms with van der Waals surface area (Å²) in [5.74, 6) is -1.17. The molecule has 1 aromatic carbocycles. The van der Waals surface area contributed by atoms with E-state index in [0.717, 1.165) is 0 Å². The number of rotatable bonds is 3. The molecule has 6 nitrogen and oxygen atoms in total. The van der Waals surface area contributed by atoms with Crippen LogP contribution < -0.4 is 4.74 Å². The van der Waals surface area contributed by atoms with Crippen LogP contribution in [0, 0.1) is 0 Å². The smallest absolute Gasteiger partial charge is 0.274 e. The number of benzene rings is 1. The Kier molecular flexibility index (Phi) is 3.12. The summed E-state index contributed by atoms with van der Waals surface area (Å²) < 4.78 is 29.7. The van der Waals surface area contributed by atoms with E-state index >= 15 is 0 Å². The van der Waals surface area contributed by atoms with Crippen LogP contribution >= 0.6 is 11.6 Å². The first-order chi connectivity index (χ1) is 8.45. The fourth-order valence-corrected chi connectivity index (χ4v) is 3.69. The number of aromatic hydroxyl groups is 1. The van der Waals surface area contributed by atoms with Crippen molar-refractivity contribution in [3.05, 3.63) is 17.7 Å². The van der Waals surface area contributed by atoms with Gasteiger partial charge in [-0.15, -0.1) is 11.6 Å². The van der Waals surface area contributed by atoms with Crippen LogP contribution in [0.1, 0.15) is 17.3 Å². The third kappa shape index (κ3) is 1.62. The van der Waals surface area contributed by atoms with Crippen LogP contribution in [0.25, 0.3) is 0 Å². The summed E-state index contributed by atoms with van der Waals surface area (Å²) >= 11 is 5.46. The van der Waals surface area contributed by atoms with E-state index in [9.17, 15) is 18.3 Å². The van der Waals surface area contributed by atoms with Gasteiger partial charge in [0.25, 0.3) is 15.9 Å². The minimum Gasteiger partial charge on any atom is -0.506 e. The number of halogens is 1. The van der Waals surface area contributed by atoms with E-state index in [4.69, 9.17) is 16.3 Å². The highest BCUT2D eigenvalue weighted by Crippen LogP contribution is 2.41. The van der Waals surface area contributed by atoms with Crippen molar-refractivity contribution in [2.45, 2.75) is 11.8 Å². The monoisotopic (exact) mass is 291 g/mol. The second-order valence-electron chi connectivity index (χ2n) is 3.50. The first-order valence-corrected chi connectivity index (χ1v) is 7.04. The van der Waals surface area contributed by atoms with Crippen LogP contribution in [0.4, 0.5) is 0 Å². The molecule has 0 aliphatic carbocycles. The summed E-state index contributed by atoms with van der Waals surface area (Å²) in [5, 5.41) is 9.63. The molecule has 0 bridgehead atoms. The predicted octanol–water partition coefficient (Wildman–Crippen LogP) is 1.13. The van der Waals surface area contributed by atoms with E-state index in [1.54, 1.807) is 6.92 Å². The Bertz CT molecular complexity index is 613. The van der Waals surface area contributed by atoms with Crippen LogP contribution in [0.3, 0.4) is 0 Å². The second-order valence-corrected chi connectivity index (χ2v) is 5.54. The average molecular weight is 292 g/mol. The molecule has 98 valence electrons. The normalized spacial score (nSPS) is 16.8. The molecule has 18 heavy (non-hydrogen) atoms. The molecule has 1 heterocycles. The number of phenols is 1. The van der Waals surface area contributed by atoms with Gasteiger partial charge in [0.05, 0.1) is 6.61 Å². The van der Waals surface area contributed by atoms with Gasteiger partial charge in [-0.05, 0) is 19.1 Å². The Morgan fingerprint density at radius 2 is 2.11 bits per heavy atom. The molecule has 0 aromatic heterocycles. The van der Waals surface area contributed by atoms with Crippen LogP contribution in [-0.2, 0) is 10.0 Å². The number of nitrogens with zero attached hydrogens (tertiary/aromatic N) is 1. The highest BCUT2D eigenvalue weighted by Gasteiger charge is 2.45. The van der Waals surface area contributed by atoms with Gasteiger partial charge < -0.3 is 9.84 Å². The van der Waals surface area contributed by atoms with Crippen molar-refractivity contribution >= 4 is 27.5 Å². The van der Waals surface area contributed by atoms with E-state index < -0.39 is 32.6 Å². The van der Waals surface area contributed by atoms with Gasteiger partial charge in [-0.2, -0.15) is 0 Å². The summed E-state index contributed by atoms with van der Waals surface area (Å²) in [6.07, 6.45) is 0. The van der Waals surface area contributed by atoms with Gasteiger partial charge >= 0.3 is 0 Å². The van der Waals surface area contributed by atoms with Gasteiger partial charge in [-0.1, -0.05) is 0 Å². The van der Waals surface area contributed by atoms with Gasteiger partial charge in [0.2, 0.25) is 0 Å². The summed E-state index contributed by atoms with van der Waals surface area (Å²) in [6.45, 7) is 1.97. The standard InChI is InChI=1S/C10H10ClNO5S/c1-2-17-7-4-3-6(13)9-8(7)10(14)12(5-11)18(9,15)16/h3-4,13H,2,5H2,1H3. The topological polar surface area (TPSA) is 83.9 Å². The fourth-order valence-electron chi connectivity index (χ4n) is 1.76. The molecule has 1 aromatic rings. The Hall–Kier alpha value is -1.47. The van der Waals surface area contributed by atoms with Crippen molar-refractivity contribution in [3.63, 3.8) is 0 Å². The zero-order valence-corrected chi connectivity index (χ0v) is 11.0. The van der Waals surface area contributed by atoms with E-state index in [-0.39, 0.29) is 17.9 Å². The lowest BCUT2D eigenvalue weighted by atomic mass is 10.1. The zero-order chi connectivity index (χ0) is 13.5. The third-order valence-electron chi connectivity index (χ3n) is 2.50. The number of hydrogen-bond acceptors (Lipinski definition) is 5. The molecule has 1 N–H and O–H groups in total. The summed E-state index contributed by atoms with van der Waals surface area (Å²) in [7, 11) is -4.10. The Morgan fingerprint density at radius 1 is 1.44 bits per heavy atom. The van der Waals surface area contributed by atoms with Crippen molar-refractivity contribution in [2.75, 3.05) is 12.6 Å². The Balaban J connectivity index is 2.77. The number of hydrogen-bond donors (Lipinski definition) is 1. The fraction of sp³-hybridized carbons (Fsp3) is 0.300. The van der Waals surface area contributed by atoms with Crippen molar-refractivity contribution in [1.29, 1.82) is 0 Å². The van der Waals surface area contributed by atoms with Crippen molar-refractivity contribution in [2.24, 2.45) is 0 Å². The Morgan fingerprint density at radius 3 is 2.67 bits per heavy atom. The number of ether oxygens (including phenoxy) is 1. The summed E-state index contributed by atoms with van der Waals surface area (Å²) in [6, 6.07) is 2.01. The number of carbonyl (C=O) groups is 1. The molecule has 0 spiro atoms. The largest absolute Gasteiger partial charge is 0.506 e. The maximum atomic E-state index is 12.0. The van der Waals surface area contributed by atoms with E-state index in [0.29, 0.717) is 4.31 Å². The van der Waals surface area contributed by atoms with Crippen LogP contribution in [0.15, 0.2) is 17.0 Å². The molecule has 0 radical (unpaired) electrons. The van der Waals surface area contributed by atoms with Crippen LogP contribution in [-0.4, -0.2) is 36.3 Å². The highest BCUT2D eigenvalue weighted by atomic mass is 35.5. The number of alkyl halides is 1. The van der Waals surface area contributed by atoms with Gasteiger partial charge in [0.1, 0.15) is 28.0 Å². The molecule has 0 unspecified atom stereocenters. The molecule has 1 aliphatic heterocycles. The first-order valence-electron chi connectivity index (χ1n) is 5.07. The third-order valence-corrected chi connectivity index (χ3v) is 4.68. The lowest BCUT2D eigenvalue weighted by Crippen LogP contribution is -2.28. The van der Waals surface area contributed by atoms with Crippen LogP contribution in [0.2, 0.25) is 0 Å². The lowest BCUT2D eigenvalue weighted by Gasteiger charge is -2.09. The van der Waals surface area contributed by atoms with Gasteiger partial charge in [-0.25, -0.2) is 12.7 Å². The summed E-state index contributed by atoms with van der Waals surface area (Å²) in [4.78, 5) is 11.5. The molecule has 0 saturated carbocycles.